The van der Waals surface area contributed by atoms with Crippen molar-refractivity contribution >= 4 is 27.5 Å². The van der Waals surface area contributed by atoms with Crippen LogP contribution in [-0.4, -0.2) is 35.7 Å². The Kier molecular flexibility index (Phi) is 5.33. The van der Waals surface area contributed by atoms with Crippen molar-refractivity contribution in [2.75, 3.05) is 0 Å². The fourth-order valence-corrected chi connectivity index (χ4v) is 4.26. The van der Waals surface area contributed by atoms with Gasteiger partial charge in [-0.3, -0.25) is 4.79 Å². The van der Waals surface area contributed by atoms with Crippen molar-refractivity contribution in [3.63, 3.8) is 0 Å². The minimum absolute atomic E-state index is 0.0284. The topological polar surface area (TPSA) is 110 Å². The molecule has 0 atom stereocenters. The number of thiazole rings is 1. The van der Waals surface area contributed by atoms with Crippen LogP contribution in [0.4, 0.5) is 0 Å². The number of rotatable bonds is 6. The molecule has 0 radical (unpaired) electrons. The summed E-state index contributed by atoms with van der Waals surface area (Å²) in [5.41, 5.74) is 3.87. The number of carbonyl (C=O) groups is 1. The standard InChI is InChI=1S/C21H19N7OS/c1-12(2)18-16(11-24-21-19(18)27-13(3)30-21)8-17(29)7-14-6-15(9-22)20(23-10-14)28-25-4-5-26-28/h4-6,10-12H,7-8H2,1-3H3. The number of pyridine rings is 2. The third-order valence-corrected chi connectivity index (χ3v) is 5.55. The third kappa shape index (κ3) is 3.82. The fourth-order valence-electron chi connectivity index (χ4n) is 3.49. The molecule has 150 valence electrons. The van der Waals surface area contributed by atoms with E-state index in [1.165, 1.54) is 17.2 Å². The molecular weight excluding hydrogens is 398 g/mol. The van der Waals surface area contributed by atoms with E-state index in [9.17, 15) is 10.1 Å². The van der Waals surface area contributed by atoms with Crippen LogP contribution in [0.15, 0.2) is 30.9 Å². The normalized spacial score (nSPS) is 11.2. The molecule has 0 aliphatic heterocycles. The van der Waals surface area contributed by atoms with Gasteiger partial charge in [-0.05, 0) is 35.6 Å². The van der Waals surface area contributed by atoms with Crippen LogP contribution in [0.25, 0.3) is 16.2 Å². The van der Waals surface area contributed by atoms with Gasteiger partial charge in [0.1, 0.15) is 22.2 Å². The number of aryl methyl sites for hydroxylation is 1. The molecule has 0 N–H and O–H groups in total. The van der Waals surface area contributed by atoms with Crippen LogP contribution in [0.5, 0.6) is 0 Å². The van der Waals surface area contributed by atoms with Gasteiger partial charge in [-0.2, -0.15) is 15.5 Å². The number of aromatic nitrogens is 6. The Morgan fingerprint density at radius 3 is 2.67 bits per heavy atom. The Morgan fingerprint density at radius 2 is 1.97 bits per heavy atom. The number of carbonyl (C=O) groups excluding carboxylic acids is 1. The highest BCUT2D eigenvalue weighted by Gasteiger charge is 2.18. The summed E-state index contributed by atoms with van der Waals surface area (Å²) >= 11 is 1.56. The molecule has 9 heteroatoms. The van der Waals surface area contributed by atoms with Gasteiger partial charge in [0.2, 0.25) is 0 Å². The van der Waals surface area contributed by atoms with Gasteiger partial charge < -0.3 is 0 Å². The molecule has 0 bridgehead atoms. The predicted molar refractivity (Wildman–Crippen MR) is 113 cm³/mol. The Morgan fingerprint density at radius 1 is 1.20 bits per heavy atom. The average molecular weight is 417 g/mol. The Bertz CT molecular complexity index is 1270. The molecule has 0 aliphatic carbocycles. The molecule has 0 aliphatic rings. The van der Waals surface area contributed by atoms with Gasteiger partial charge in [0, 0.05) is 25.2 Å². The van der Waals surface area contributed by atoms with Crippen molar-refractivity contribution in [1.29, 1.82) is 5.26 Å². The van der Waals surface area contributed by atoms with Crippen molar-refractivity contribution < 1.29 is 4.79 Å². The molecule has 0 aromatic carbocycles. The van der Waals surface area contributed by atoms with Gasteiger partial charge >= 0.3 is 0 Å². The highest BCUT2D eigenvalue weighted by Crippen LogP contribution is 2.30. The second-order valence-electron chi connectivity index (χ2n) is 7.28. The summed E-state index contributed by atoms with van der Waals surface area (Å²) in [6.07, 6.45) is 6.85. The molecule has 0 saturated heterocycles. The minimum atomic E-state index is 0.0284. The first-order valence-electron chi connectivity index (χ1n) is 9.48. The van der Waals surface area contributed by atoms with Crippen LogP contribution < -0.4 is 0 Å². The Labute approximate surface area is 177 Å². The summed E-state index contributed by atoms with van der Waals surface area (Å²) in [6.45, 7) is 6.16. The maximum absolute atomic E-state index is 12.8. The average Bonchev–Trinajstić information content (AvgIpc) is 3.36. The highest BCUT2D eigenvalue weighted by molar-refractivity contribution is 7.18. The first-order valence-corrected chi connectivity index (χ1v) is 10.3. The maximum atomic E-state index is 12.8. The second kappa shape index (κ2) is 8.08. The summed E-state index contributed by atoms with van der Waals surface area (Å²) in [7, 11) is 0. The quantitative estimate of drug-likeness (QED) is 0.473. The van der Waals surface area contributed by atoms with Crippen molar-refractivity contribution in [2.24, 2.45) is 0 Å². The monoisotopic (exact) mass is 417 g/mol. The van der Waals surface area contributed by atoms with E-state index in [-0.39, 0.29) is 24.5 Å². The van der Waals surface area contributed by atoms with Crippen molar-refractivity contribution in [2.45, 2.75) is 39.5 Å². The summed E-state index contributed by atoms with van der Waals surface area (Å²) in [5.74, 6) is 0.600. The SMILES string of the molecule is Cc1nc2c(C(C)C)c(CC(=O)Cc3cnc(-n4nccn4)c(C#N)c3)cnc2s1. The van der Waals surface area contributed by atoms with Crippen molar-refractivity contribution in [3.8, 4) is 11.9 Å². The molecule has 8 nitrogen and oxygen atoms in total. The van der Waals surface area contributed by atoms with Crippen molar-refractivity contribution in [3.05, 3.63) is 58.1 Å². The summed E-state index contributed by atoms with van der Waals surface area (Å²) < 4.78 is 0. The van der Waals surface area contributed by atoms with E-state index in [0.717, 1.165) is 26.5 Å². The molecule has 4 aromatic rings. The minimum Gasteiger partial charge on any atom is -0.299 e. The molecular formula is C21H19N7OS. The molecule has 4 heterocycles. The number of hydrogen-bond acceptors (Lipinski definition) is 8. The maximum Gasteiger partial charge on any atom is 0.192 e. The zero-order valence-corrected chi connectivity index (χ0v) is 17.6. The van der Waals surface area contributed by atoms with Gasteiger partial charge in [-0.25, -0.2) is 15.0 Å². The number of hydrogen-bond donors (Lipinski definition) is 0. The lowest BCUT2D eigenvalue weighted by atomic mass is 9.94. The van der Waals surface area contributed by atoms with E-state index in [0.29, 0.717) is 16.9 Å². The molecule has 4 rings (SSSR count). The first-order chi connectivity index (χ1) is 14.5. The van der Waals surface area contributed by atoms with E-state index in [1.54, 1.807) is 29.8 Å². The highest BCUT2D eigenvalue weighted by atomic mass is 32.1. The van der Waals surface area contributed by atoms with Gasteiger partial charge in [-0.15, -0.1) is 4.80 Å². The Hall–Kier alpha value is -3.51. The zero-order valence-electron chi connectivity index (χ0n) is 16.8. The van der Waals surface area contributed by atoms with E-state index >= 15 is 0 Å². The van der Waals surface area contributed by atoms with Crippen molar-refractivity contribution in [1.82, 2.24) is 29.9 Å². The van der Waals surface area contributed by atoms with Crippen LogP contribution in [-0.2, 0) is 17.6 Å². The molecule has 4 aromatic heterocycles. The van der Waals surface area contributed by atoms with Gasteiger partial charge in [0.15, 0.2) is 5.82 Å². The number of fused-ring (bicyclic) bond motifs is 1. The second-order valence-corrected chi connectivity index (χ2v) is 8.46. The summed E-state index contributed by atoms with van der Waals surface area (Å²) in [5, 5.41) is 18.4. The van der Waals surface area contributed by atoms with E-state index in [1.807, 2.05) is 6.92 Å². The lowest BCUT2D eigenvalue weighted by molar-refractivity contribution is -0.117. The number of Topliss-reactive ketones (excluding diaryl/α,β-unsaturated/α-hetero) is 1. The molecule has 30 heavy (non-hydrogen) atoms. The van der Waals surface area contributed by atoms with Gasteiger partial charge in [0.25, 0.3) is 0 Å². The van der Waals surface area contributed by atoms with Gasteiger partial charge in [-0.1, -0.05) is 25.2 Å². The largest absolute Gasteiger partial charge is 0.299 e. The van der Waals surface area contributed by atoms with Crippen LogP contribution in [0, 0.1) is 18.3 Å². The fraction of sp³-hybridized carbons (Fsp3) is 0.286. The smallest absolute Gasteiger partial charge is 0.192 e. The van der Waals surface area contributed by atoms with Crippen LogP contribution >= 0.6 is 11.3 Å². The summed E-state index contributed by atoms with van der Waals surface area (Å²) in [4.78, 5) is 28.4. The van der Waals surface area contributed by atoms with E-state index in [4.69, 9.17) is 0 Å². The van der Waals surface area contributed by atoms with Crippen LogP contribution in [0.2, 0.25) is 0 Å². The molecule has 0 spiro atoms. The van der Waals surface area contributed by atoms with E-state index in [2.05, 4.69) is 45.1 Å². The molecule has 0 saturated carbocycles. The van der Waals surface area contributed by atoms with E-state index < -0.39 is 0 Å². The summed E-state index contributed by atoms with van der Waals surface area (Å²) in [6, 6.07) is 3.77. The third-order valence-electron chi connectivity index (χ3n) is 4.67. The lowest BCUT2D eigenvalue weighted by Gasteiger charge is -2.13. The van der Waals surface area contributed by atoms with Crippen LogP contribution in [0.1, 0.15) is 47.0 Å². The first kappa shape index (κ1) is 19.8. The zero-order chi connectivity index (χ0) is 21.3. The molecule has 0 amide bonds. The van der Waals surface area contributed by atoms with Gasteiger partial charge in [0.05, 0.1) is 23.0 Å². The molecule has 0 fully saturated rings. The number of ketones is 1. The Balaban J connectivity index is 1.58. The lowest BCUT2D eigenvalue weighted by Crippen LogP contribution is -2.11. The van der Waals surface area contributed by atoms with Crippen LogP contribution in [0.3, 0.4) is 0 Å². The number of nitriles is 1. The molecule has 0 unspecified atom stereocenters. The number of nitrogens with zero attached hydrogens (tertiary/aromatic N) is 7. The predicted octanol–water partition coefficient (Wildman–Crippen LogP) is 3.32.